The zero-order valence-electron chi connectivity index (χ0n) is 13.8. The summed E-state index contributed by atoms with van der Waals surface area (Å²) in [5, 5.41) is 11.3. The first-order valence-corrected chi connectivity index (χ1v) is 8.34. The van der Waals surface area contributed by atoms with Crippen molar-refractivity contribution in [3.8, 4) is 0 Å². The van der Waals surface area contributed by atoms with Crippen molar-refractivity contribution in [1.29, 1.82) is 0 Å². The number of anilines is 1. The molecular weight excluding hydrogens is 336 g/mol. The van der Waals surface area contributed by atoms with E-state index in [1.807, 2.05) is 11.8 Å². The predicted octanol–water partition coefficient (Wildman–Crippen LogP) is 3.13. The maximum atomic E-state index is 11.7. The first-order chi connectivity index (χ1) is 11.4. The minimum atomic E-state index is -0.521. The second kappa shape index (κ2) is 8.23. The number of carbonyl (C=O) groups excluding carboxylic acids is 1. The van der Waals surface area contributed by atoms with Crippen LogP contribution in [0.25, 0.3) is 0 Å². The normalized spacial score (nSPS) is 16.5. The maximum Gasteiger partial charge on any atom is 0.329 e. The molecule has 2 rings (SSSR count). The highest BCUT2D eigenvalue weighted by atomic mass is 35.5. The zero-order chi connectivity index (χ0) is 17.7. The number of nitrogens with zero attached hydrogens (tertiary/aromatic N) is 4. The number of methoxy groups -OCH3 is 1. The van der Waals surface area contributed by atoms with E-state index in [2.05, 4.69) is 9.97 Å². The molecular formula is C15H21ClN4O4. The summed E-state index contributed by atoms with van der Waals surface area (Å²) in [5.41, 5.74) is -0.207. The Morgan fingerprint density at radius 2 is 2.17 bits per heavy atom. The molecule has 1 saturated carbocycles. The van der Waals surface area contributed by atoms with Crippen molar-refractivity contribution in [3.63, 3.8) is 0 Å². The average molecular weight is 357 g/mol. The summed E-state index contributed by atoms with van der Waals surface area (Å²) in [7, 11) is 1.32. The highest BCUT2D eigenvalue weighted by Crippen LogP contribution is 2.34. The molecule has 0 spiro atoms. The molecule has 0 radical (unpaired) electrons. The number of aromatic nitrogens is 2. The lowest BCUT2D eigenvalue weighted by atomic mass is 9.92. The van der Waals surface area contributed by atoms with E-state index in [0.29, 0.717) is 0 Å². The highest BCUT2D eigenvalue weighted by molar-refractivity contribution is 6.28. The van der Waals surface area contributed by atoms with Gasteiger partial charge in [0.2, 0.25) is 11.1 Å². The van der Waals surface area contributed by atoms with Gasteiger partial charge in [-0.1, -0.05) is 19.3 Å². The van der Waals surface area contributed by atoms with Gasteiger partial charge in [-0.15, -0.1) is 0 Å². The summed E-state index contributed by atoms with van der Waals surface area (Å²) in [4.78, 5) is 32.2. The van der Waals surface area contributed by atoms with E-state index in [1.54, 1.807) is 0 Å². The third-order valence-corrected chi connectivity index (χ3v) is 4.48. The largest absolute Gasteiger partial charge is 0.469 e. The van der Waals surface area contributed by atoms with Crippen LogP contribution in [-0.2, 0) is 9.53 Å². The van der Waals surface area contributed by atoms with Gasteiger partial charge in [-0.25, -0.2) is 4.98 Å². The van der Waals surface area contributed by atoms with Crippen molar-refractivity contribution in [2.24, 2.45) is 0 Å². The van der Waals surface area contributed by atoms with Crippen molar-refractivity contribution in [2.75, 3.05) is 12.0 Å². The van der Waals surface area contributed by atoms with Crippen LogP contribution >= 0.6 is 11.6 Å². The van der Waals surface area contributed by atoms with Crippen LogP contribution < -0.4 is 4.90 Å². The first-order valence-electron chi connectivity index (χ1n) is 7.96. The molecule has 0 amide bonds. The standard InChI is InChI=1S/C15H21ClN4O4/c1-10(8-13(21)24-2)19(11-6-4-3-5-7-11)14-12(20(22)23)9-17-15(16)18-14/h9-11H,3-8H2,1-2H3. The minimum absolute atomic E-state index is 0.0540. The van der Waals surface area contributed by atoms with Crippen molar-refractivity contribution >= 4 is 29.1 Å². The topological polar surface area (TPSA) is 98.5 Å². The summed E-state index contributed by atoms with van der Waals surface area (Å²) < 4.78 is 4.74. The van der Waals surface area contributed by atoms with Crippen LogP contribution in [0.5, 0.6) is 0 Å². The van der Waals surface area contributed by atoms with Crippen molar-refractivity contribution in [1.82, 2.24) is 9.97 Å². The Hall–Kier alpha value is -1.96. The lowest BCUT2D eigenvalue weighted by Crippen LogP contribution is -2.45. The van der Waals surface area contributed by atoms with Gasteiger partial charge in [0.05, 0.1) is 18.5 Å². The molecule has 1 fully saturated rings. The molecule has 1 aliphatic carbocycles. The van der Waals surface area contributed by atoms with Crippen LogP contribution in [0.1, 0.15) is 45.4 Å². The van der Waals surface area contributed by atoms with Crippen LogP contribution in [0, 0.1) is 10.1 Å². The molecule has 1 atom stereocenters. The third kappa shape index (κ3) is 4.31. The fourth-order valence-corrected chi connectivity index (χ4v) is 3.32. The van der Waals surface area contributed by atoms with E-state index in [4.69, 9.17) is 16.3 Å². The Bertz CT molecular complexity index is 607. The number of carbonyl (C=O) groups is 1. The van der Waals surface area contributed by atoms with Crippen molar-refractivity contribution in [3.05, 3.63) is 21.6 Å². The second-order valence-electron chi connectivity index (χ2n) is 5.93. The maximum absolute atomic E-state index is 11.7. The molecule has 0 N–H and O–H groups in total. The van der Waals surface area contributed by atoms with Gasteiger partial charge < -0.3 is 9.64 Å². The molecule has 1 heterocycles. The van der Waals surface area contributed by atoms with Gasteiger partial charge in [0.25, 0.3) is 0 Å². The van der Waals surface area contributed by atoms with Gasteiger partial charge in [-0.3, -0.25) is 14.9 Å². The quantitative estimate of drug-likeness (QED) is 0.334. The van der Waals surface area contributed by atoms with Crippen LogP contribution in [-0.4, -0.2) is 40.1 Å². The molecule has 1 aliphatic rings. The summed E-state index contributed by atoms with van der Waals surface area (Å²) in [6, 6.07) is -0.228. The van der Waals surface area contributed by atoms with Gasteiger partial charge in [-0.05, 0) is 31.4 Å². The molecule has 1 unspecified atom stereocenters. The number of halogens is 1. The molecule has 0 aromatic carbocycles. The van der Waals surface area contributed by atoms with Crippen LogP contribution in [0.4, 0.5) is 11.5 Å². The van der Waals surface area contributed by atoms with Crippen LogP contribution in [0.2, 0.25) is 5.28 Å². The van der Waals surface area contributed by atoms with E-state index in [0.717, 1.165) is 38.3 Å². The van der Waals surface area contributed by atoms with E-state index in [1.165, 1.54) is 7.11 Å². The summed E-state index contributed by atoms with van der Waals surface area (Å²) in [5.74, 6) is -0.200. The molecule has 0 aliphatic heterocycles. The molecule has 1 aromatic rings. The van der Waals surface area contributed by atoms with E-state index < -0.39 is 4.92 Å². The molecule has 132 valence electrons. The Kier molecular flexibility index (Phi) is 6.30. The van der Waals surface area contributed by atoms with Gasteiger partial charge in [-0.2, -0.15) is 4.98 Å². The monoisotopic (exact) mass is 356 g/mol. The Morgan fingerprint density at radius 3 is 2.75 bits per heavy atom. The van der Waals surface area contributed by atoms with Crippen LogP contribution in [0.3, 0.4) is 0 Å². The number of nitro groups is 1. The average Bonchev–Trinajstić information content (AvgIpc) is 2.55. The van der Waals surface area contributed by atoms with E-state index in [9.17, 15) is 14.9 Å². The third-order valence-electron chi connectivity index (χ3n) is 4.29. The molecule has 1 aromatic heterocycles. The zero-order valence-corrected chi connectivity index (χ0v) is 14.5. The smallest absolute Gasteiger partial charge is 0.329 e. The van der Waals surface area contributed by atoms with Gasteiger partial charge >= 0.3 is 11.7 Å². The number of hydrogen-bond donors (Lipinski definition) is 0. The van der Waals surface area contributed by atoms with Crippen molar-refractivity contribution in [2.45, 2.75) is 57.5 Å². The highest BCUT2D eigenvalue weighted by Gasteiger charge is 2.33. The number of rotatable bonds is 6. The first kappa shape index (κ1) is 18.4. The Balaban J connectivity index is 2.43. The molecule has 24 heavy (non-hydrogen) atoms. The predicted molar refractivity (Wildman–Crippen MR) is 89.1 cm³/mol. The SMILES string of the molecule is COC(=O)CC(C)N(c1nc(Cl)ncc1[N+](=O)[O-])C1CCCCC1. The molecule has 8 nitrogen and oxygen atoms in total. The molecule has 0 saturated heterocycles. The second-order valence-corrected chi connectivity index (χ2v) is 6.27. The fourth-order valence-electron chi connectivity index (χ4n) is 3.19. The Labute approximate surface area is 145 Å². The van der Waals surface area contributed by atoms with E-state index in [-0.39, 0.29) is 41.3 Å². The van der Waals surface area contributed by atoms with Gasteiger partial charge in [0.15, 0.2) is 0 Å². The Morgan fingerprint density at radius 1 is 1.50 bits per heavy atom. The number of ether oxygens (including phenoxy) is 1. The van der Waals surface area contributed by atoms with Crippen LogP contribution in [0.15, 0.2) is 6.20 Å². The minimum Gasteiger partial charge on any atom is -0.469 e. The molecule has 0 bridgehead atoms. The number of hydrogen-bond acceptors (Lipinski definition) is 7. The summed E-state index contributed by atoms with van der Waals surface area (Å²) in [6.07, 6.45) is 6.24. The molecule has 9 heteroatoms. The van der Waals surface area contributed by atoms with Gasteiger partial charge in [0, 0.05) is 12.1 Å². The van der Waals surface area contributed by atoms with E-state index >= 15 is 0 Å². The fraction of sp³-hybridized carbons (Fsp3) is 0.667. The van der Waals surface area contributed by atoms with Crippen molar-refractivity contribution < 1.29 is 14.5 Å². The van der Waals surface area contributed by atoms with Gasteiger partial charge in [0.1, 0.15) is 6.20 Å². The summed E-state index contributed by atoms with van der Waals surface area (Å²) >= 11 is 5.88. The lowest BCUT2D eigenvalue weighted by Gasteiger charge is -2.38. The lowest BCUT2D eigenvalue weighted by molar-refractivity contribution is -0.384. The number of esters is 1. The summed E-state index contributed by atoms with van der Waals surface area (Å²) in [6.45, 7) is 1.84.